The van der Waals surface area contributed by atoms with Crippen molar-refractivity contribution in [3.63, 3.8) is 0 Å². The van der Waals surface area contributed by atoms with Crippen molar-refractivity contribution >= 4 is 24.6 Å². The SMILES string of the molecule is CON(C)C(=O)[C@@H]1C[C@@H]1CO[Si](c1ccccc1)(c1ccccc1)C(C)(C)C. The van der Waals surface area contributed by atoms with Gasteiger partial charge in [0.2, 0.25) is 5.91 Å². The van der Waals surface area contributed by atoms with Crippen LogP contribution in [0.25, 0.3) is 0 Å². The maximum absolute atomic E-state index is 12.4. The van der Waals surface area contributed by atoms with Crippen molar-refractivity contribution in [2.75, 3.05) is 20.8 Å². The van der Waals surface area contributed by atoms with Gasteiger partial charge in [-0.1, -0.05) is 81.4 Å². The molecule has 2 atom stereocenters. The number of nitrogens with zero attached hydrogens (tertiary/aromatic N) is 1. The fourth-order valence-electron chi connectivity index (χ4n) is 4.05. The lowest BCUT2D eigenvalue weighted by Crippen LogP contribution is -2.66. The van der Waals surface area contributed by atoms with Crippen molar-refractivity contribution in [1.29, 1.82) is 0 Å². The molecule has 0 N–H and O–H groups in total. The van der Waals surface area contributed by atoms with Crippen molar-refractivity contribution in [2.24, 2.45) is 11.8 Å². The highest BCUT2D eigenvalue weighted by Crippen LogP contribution is 2.43. The summed E-state index contributed by atoms with van der Waals surface area (Å²) in [6.45, 7) is 7.41. The molecule has 2 aromatic carbocycles. The number of hydrogen-bond donors (Lipinski definition) is 0. The molecule has 0 spiro atoms. The van der Waals surface area contributed by atoms with Gasteiger partial charge in [0, 0.05) is 19.6 Å². The molecular weight excluding hydrogens is 366 g/mol. The molecule has 1 aliphatic rings. The van der Waals surface area contributed by atoms with Crippen molar-refractivity contribution in [3.05, 3.63) is 60.7 Å². The first-order valence-corrected chi connectivity index (χ1v) is 11.8. The Labute approximate surface area is 169 Å². The molecule has 0 saturated heterocycles. The molecule has 3 rings (SSSR count). The van der Waals surface area contributed by atoms with E-state index >= 15 is 0 Å². The Morgan fingerprint density at radius 2 is 1.54 bits per heavy atom. The normalized spacial score (nSPS) is 19.3. The summed E-state index contributed by atoms with van der Waals surface area (Å²) in [4.78, 5) is 17.4. The van der Waals surface area contributed by atoms with Gasteiger partial charge in [-0.05, 0) is 27.8 Å². The molecule has 0 heterocycles. The first-order valence-electron chi connectivity index (χ1n) is 9.88. The minimum absolute atomic E-state index is 0.00293. The molecule has 2 aromatic rings. The summed E-state index contributed by atoms with van der Waals surface area (Å²) in [5.41, 5.74) is 0. The summed E-state index contributed by atoms with van der Waals surface area (Å²) in [5.74, 6) is 0.300. The quantitative estimate of drug-likeness (QED) is 0.532. The van der Waals surface area contributed by atoms with Crippen LogP contribution in [0.5, 0.6) is 0 Å². The maximum atomic E-state index is 12.4. The van der Waals surface area contributed by atoms with Crippen LogP contribution in [0.1, 0.15) is 27.2 Å². The van der Waals surface area contributed by atoms with Gasteiger partial charge < -0.3 is 4.43 Å². The third-order valence-corrected chi connectivity index (χ3v) is 10.8. The van der Waals surface area contributed by atoms with E-state index in [2.05, 4.69) is 69.3 Å². The average molecular weight is 398 g/mol. The fraction of sp³-hybridized carbons (Fsp3) is 0.435. The van der Waals surface area contributed by atoms with E-state index in [9.17, 15) is 4.79 Å². The second kappa shape index (κ2) is 8.19. The number of rotatable bonds is 7. The van der Waals surface area contributed by atoms with Crippen LogP contribution in [0.4, 0.5) is 0 Å². The molecule has 0 radical (unpaired) electrons. The predicted octanol–water partition coefficient (Wildman–Crippen LogP) is 3.22. The van der Waals surface area contributed by atoms with Crippen LogP contribution >= 0.6 is 0 Å². The summed E-state index contributed by atoms with van der Waals surface area (Å²) in [7, 11) is 0.661. The number of hydroxylamine groups is 2. The van der Waals surface area contributed by atoms with E-state index in [0.29, 0.717) is 6.61 Å². The van der Waals surface area contributed by atoms with Crippen molar-refractivity contribution in [3.8, 4) is 0 Å². The topological polar surface area (TPSA) is 38.8 Å². The van der Waals surface area contributed by atoms with Crippen LogP contribution in [0.2, 0.25) is 5.04 Å². The molecule has 1 amide bonds. The van der Waals surface area contributed by atoms with Gasteiger partial charge >= 0.3 is 0 Å². The lowest BCUT2D eigenvalue weighted by atomic mass is 10.2. The fourth-order valence-corrected chi connectivity index (χ4v) is 8.67. The number of hydrogen-bond acceptors (Lipinski definition) is 3. The van der Waals surface area contributed by atoms with Crippen LogP contribution in [0.15, 0.2) is 60.7 Å². The van der Waals surface area contributed by atoms with E-state index in [1.807, 2.05) is 12.1 Å². The highest BCUT2D eigenvalue weighted by molar-refractivity contribution is 6.99. The van der Waals surface area contributed by atoms with Crippen molar-refractivity contribution in [1.82, 2.24) is 5.06 Å². The van der Waals surface area contributed by atoms with E-state index in [0.717, 1.165) is 6.42 Å². The van der Waals surface area contributed by atoms with Gasteiger partial charge in [-0.3, -0.25) is 9.63 Å². The Morgan fingerprint density at radius 1 is 1.04 bits per heavy atom. The number of carbonyl (C=O) groups is 1. The standard InChI is InChI=1S/C23H31NO3Si/c1-23(2,3)28(19-12-8-6-9-13-19,20-14-10-7-11-15-20)27-17-18-16-21(18)22(25)24(4)26-5/h6-15,18,21H,16-17H2,1-5H3/t18-,21-/m1/s1. The van der Waals surface area contributed by atoms with Gasteiger partial charge in [0.1, 0.15) is 0 Å². The summed E-state index contributed by atoms with van der Waals surface area (Å²) in [5, 5.41) is 3.82. The maximum Gasteiger partial charge on any atom is 0.261 e. The molecule has 1 aliphatic carbocycles. The van der Waals surface area contributed by atoms with Gasteiger partial charge in [0.25, 0.3) is 8.32 Å². The third-order valence-electron chi connectivity index (χ3n) is 5.75. The summed E-state index contributed by atoms with van der Waals surface area (Å²) < 4.78 is 6.91. The van der Waals surface area contributed by atoms with Gasteiger partial charge in [0.05, 0.1) is 7.11 Å². The molecule has 0 aromatic heterocycles. The molecule has 0 aliphatic heterocycles. The highest BCUT2D eigenvalue weighted by atomic mass is 28.4. The predicted molar refractivity (Wildman–Crippen MR) is 115 cm³/mol. The van der Waals surface area contributed by atoms with E-state index in [1.165, 1.54) is 22.5 Å². The molecular formula is C23H31NO3Si. The van der Waals surface area contributed by atoms with E-state index < -0.39 is 8.32 Å². The van der Waals surface area contributed by atoms with Gasteiger partial charge in [-0.15, -0.1) is 0 Å². The summed E-state index contributed by atoms with van der Waals surface area (Å²) in [6.07, 6.45) is 0.866. The zero-order valence-electron chi connectivity index (χ0n) is 17.5. The van der Waals surface area contributed by atoms with Gasteiger partial charge in [0.15, 0.2) is 0 Å². The smallest absolute Gasteiger partial charge is 0.261 e. The van der Waals surface area contributed by atoms with Crippen molar-refractivity contribution < 1.29 is 14.1 Å². The van der Waals surface area contributed by atoms with Gasteiger partial charge in [-0.25, -0.2) is 5.06 Å². The molecule has 1 saturated carbocycles. The molecule has 150 valence electrons. The molecule has 1 fully saturated rings. The van der Waals surface area contributed by atoms with Crippen LogP contribution in [0, 0.1) is 11.8 Å². The largest absolute Gasteiger partial charge is 0.407 e. The highest BCUT2D eigenvalue weighted by Gasteiger charge is 2.52. The Kier molecular flexibility index (Phi) is 6.08. The second-order valence-electron chi connectivity index (χ2n) is 8.59. The number of amides is 1. The number of benzene rings is 2. The van der Waals surface area contributed by atoms with Crippen LogP contribution in [0.3, 0.4) is 0 Å². The Morgan fingerprint density at radius 3 is 1.96 bits per heavy atom. The van der Waals surface area contributed by atoms with Gasteiger partial charge in [-0.2, -0.15) is 0 Å². The lowest BCUT2D eigenvalue weighted by molar-refractivity contribution is -0.170. The Bertz CT molecular complexity index is 749. The average Bonchev–Trinajstić information content (AvgIpc) is 3.47. The monoisotopic (exact) mass is 397 g/mol. The minimum atomic E-state index is -2.53. The van der Waals surface area contributed by atoms with Crippen LogP contribution in [-0.4, -0.2) is 40.1 Å². The zero-order valence-corrected chi connectivity index (χ0v) is 18.5. The van der Waals surface area contributed by atoms with E-state index in [4.69, 9.17) is 9.26 Å². The van der Waals surface area contributed by atoms with Crippen molar-refractivity contribution in [2.45, 2.75) is 32.2 Å². The molecule has 0 bridgehead atoms. The number of carbonyl (C=O) groups excluding carboxylic acids is 1. The molecule has 0 unspecified atom stereocenters. The molecule has 28 heavy (non-hydrogen) atoms. The third kappa shape index (κ3) is 3.92. The summed E-state index contributed by atoms with van der Waals surface area (Å²) in [6, 6.07) is 21.2. The van der Waals surface area contributed by atoms with Crippen LogP contribution < -0.4 is 10.4 Å². The molecule has 5 heteroatoms. The zero-order chi connectivity index (χ0) is 20.4. The lowest BCUT2D eigenvalue weighted by Gasteiger charge is -2.43. The Hall–Kier alpha value is -1.95. The first kappa shape index (κ1) is 20.8. The summed E-state index contributed by atoms with van der Waals surface area (Å²) >= 11 is 0. The first-order chi connectivity index (χ1) is 13.3. The Balaban J connectivity index is 1.91. The van der Waals surface area contributed by atoms with Crippen LogP contribution in [-0.2, 0) is 14.1 Å². The van der Waals surface area contributed by atoms with E-state index in [1.54, 1.807) is 7.05 Å². The molecule has 4 nitrogen and oxygen atoms in total. The second-order valence-corrected chi connectivity index (χ2v) is 12.9. The minimum Gasteiger partial charge on any atom is -0.407 e. The van der Waals surface area contributed by atoms with E-state index in [-0.39, 0.29) is 22.8 Å².